The number of hydrazone groups is 1. The van der Waals surface area contributed by atoms with Crippen molar-refractivity contribution in [2.75, 3.05) is 7.11 Å². The van der Waals surface area contributed by atoms with E-state index in [1.807, 2.05) is 24.3 Å². The molecule has 6 nitrogen and oxygen atoms in total. The predicted molar refractivity (Wildman–Crippen MR) is 148 cm³/mol. The van der Waals surface area contributed by atoms with Crippen LogP contribution in [0.2, 0.25) is 10.2 Å². The molecule has 0 fully saturated rings. The lowest BCUT2D eigenvalue weighted by Crippen LogP contribution is -2.18. The minimum absolute atomic E-state index is 0.244. The van der Waals surface area contributed by atoms with Gasteiger partial charge in [-0.05, 0) is 72.8 Å². The van der Waals surface area contributed by atoms with Crippen molar-refractivity contribution >= 4 is 46.2 Å². The second kappa shape index (κ2) is 11.0. The van der Waals surface area contributed by atoms with Crippen LogP contribution in [0.15, 0.2) is 90.0 Å². The first-order valence-corrected chi connectivity index (χ1v) is 12.2. The van der Waals surface area contributed by atoms with E-state index >= 15 is 0 Å². The summed E-state index contributed by atoms with van der Waals surface area (Å²) in [5, 5.41) is 5.72. The summed E-state index contributed by atoms with van der Waals surface area (Å²) in [6, 6.07) is 23.5. The van der Waals surface area contributed by atoms with Gasteiger partial charge in [-0.25, -0.2) is 19.8 Å². The average Bonchev–Trinajstić information content (AvgIpc) is 2.93. The molecule has 188 valence electrons. The topological polar surface area (TPSA) is 76.5 Å². The Morgan fingerprint density at radius 2 is 1.55 bits per heavy atom. The molecular weight excluding hydrogens is 526 g/mol. The lowest BCUT2D eigenvalue weighted by Gasteiger charge is -2.09. The first-order valence-electron chi connectivity index (χ1n) is 11.4. The molecule has 1 N–H and O–H groups in total. The fourth-order valence-electron chi connectivity index (χ4n) is 3.79. The highest BCUT2D eigenvalue weighted by Gasteiger charge is 2.13. The maximum absolute atomic E-state index is 13.5. The van der Waals surface area contributed by atoms with E-state index in [9.17, 15) is 9.18 Å². The molecule has 0 aliphatic carbocycles. The third-order valence-electron chi connectivity index (χ3n) is 5.74. The standard InChI is InChI=1S/C29H19Cl2FN4O2/c1-38-24-10-11-25-19(13-24)12-21(28(31)35-25)16-33-36-29(37)20-14-26(17-2-6-22(30)7-3-17)34-27(15-20)18-4-8-23(32)9-5-18/h2-16H,1H3,(H,36,37)/b33-16-. The van der Waals surface area contributed by atoms with Crippen molar-refractivity contribution in [1.82, 2.24) is 15.4 Å². The molecule has 5 rings (SSSR count). The molecule has 0 atom stereocenters. The van der Waals surface area contributed by atoms with Crippen LogP contribution in [0.5, 0.6) is 5.75 Å². The summed E-state index contributed by atoms with van der Waals surface area (Å²) in [6.45, 7) is 0. The number of nitrogens with zero attached hydrogens (tertiary/aromatic N) is 3. The molecule has 5 aromatic rings. The number of hydrogen-bond donors (Lipinski definition) is 1. The molecule has 0 spiro atoms. The van der Waals surface area contributed by atoms with Crippen LogP contribution in [-0.4, -0.2) is 29.2 Å². The summed E-state index contributed by atoms with van der Waals surface area (Å²) in [6.07, 6.45) is 1.42. The quantitative estimate of drug-likeness (QED) is 0.139. The molecular formula is C29H19Cl2FN4O2. The number of rotatable bonds is 6. The van der Waals surface area contributed by atoms with Gasteiger partial charge in [-0.1, -0.05) is 35.3 Å². The van der Waals surface area contributed by atoms with E-state index in [-0.39, 0.29) is 11.0 Å². The van der Waals surface area contributed by atoms with Crippen LogP contribution < -0.4 is 10.2 Å². The normalized spacial score (nSPS) is 11.2. The van der Waals surface area contributed by atoms with Crippen molar-refractivity contribution in [3.63, 3.8) is 0 Å². The smallest absolute Gasteiger partial charge is 0.271 e. The van der Waals surface area contributed by atoms with Gasteiger partial charge in [0.2, 0.25) is 0 Å². The Kier molecular flexibility index (Phi) is 7.31. The number of carbonyl (C=O) groups is 1. The summed E-state index contributed by atoms with van der Waals surface area (Å²) in [4.78, 5) is 22.1. The molecule has 1 amide bonds. The highest BCUT2D eigenvalue weighted by Crippen LogP contribution is 2.27. The molecule has 3 aromatic carbocycles. The Morgan fingerprint density at radius 3 is 2.21 bits per heavy atom. The molecule has 0 aliphatic rings. The Hall–Kier alpha value is -4.33. The lowest BCUT2D eigenvalue weighted by atomic mass is 10.0. The predicted octanol–water partition coefficient (Wildman–Crippen LogP) is 7.18. The van der Waals surface area contributed by atoms with Crippen LogP contribution in [0, 0.1) is 5.82 Å². The molecule has 0 aliphatic heterocycles. The number of amides is 1. The van der Waals surface area contributed by atoms with E-state index in [0.717, 1.165) is 10.9 Å². The van der Waals surface area contributed by atoms with Crippen molar-refractivity contribution in [2.24, 2.45) is 5.10 Å². The van der Waals surface area contributed by atoms with Crippen molar-refractivity contribution in [1.29, 1.82) is 0 Å². The SMILES string of the molecule is COc1ccc2nc(Cl)c(/C=N\NC(=O)c3cc(-c4ccc(F)cc4)nc(-c4ccc(Cl)cc4)c3)cc2c1. The summed E-state index contributed by atoms with van der Waals surface area (Å²) in [5.41, 5.74) is 6.55. The lowest BCUT2D eigenvalue weighted by molar-refractivity contribution is 0.0955. The first kappa shape index (κ1) is 25.3. The van der Waals surface area contributed by atoms with Gasteiger partial charge in [0.1, 0.15) is 16.7 Å². The molecule has 0 saturated carbocycles. The third-order valence-corrected chi connectivity index (χ3v) is 6.29. The second-order valence-corrected chi connectivity index (χ2v) is 9.06. The summed E-state index contributed by atoms with van der Waals surface area (Å²) >= 11 is 12.4. The zero-order chi connectivity index (χ0) is 26.6. The highest BCUT2D eigenvalue weighted by molar-refractivity contribution is 6.32. The number of ether oxygens (including phenoxy) is 1. The van der Waals surface area contributed by atoms with Crippen molar-refractivity contribution in [2.45, 2.75) is 0 Å². The first-order chi connectivity index (χ1) is 18.4. The van der Waals surface area contributed by atoms with Crippen LogP contribution in [0.25, 0.3) is 33.4 Å². The number of benzene rings is 3. The van der Waals surface area contributed by atoms with Gasteiger partial charge in [-0.15, -0.1) is 0 Å². The molecule has 0 saturated heterocycles. The summed E-state index contributed by atoms with van der Waals surface area (Å²) < 4.78 is 18.8. The number of methoxy groups -OCH3 is 1. The number of hydrogen-bond acceptors (Lipinski definition) is 5. The van der Waals surface area contributed by atoms with Crippen LogP contribution in [0.4, 0.5) is 4.39 Å². The van der Waals surface area contributed by atoms with Crippen LogP contribution >= 0.6 is 23.2 Å². The third kappa shape index (κ3) is 5.64. The van der Waals surface area contributed by atoms with Gasteiger partial charge in [0.25, 0.3) is 5.91 Å². The molecule has 0 radical (unpaired) electrons. The largest absolute Gasteiger partial charge is 0.497 e. The molecule has 38 heavy (non-hydrogen) atoms. The van der Waals surface area contributed by atoms with Crippen molar-refractivity contribution in [3.8, 4) is 28.3 Å². The van der Waals surface area contributed by atoms with Gasteiger partial charge < -0.3 is 4.74 Å². The Balaban J connectivity index is 1.45. The van der Waals surface area contributed by atoms with Crippen LogP contribution in [-0.2, 0) is 0 Å². The molecule has 0 unspecified atom stereocenters. The average molecular weight is 545 g/mol. The minimum atomic E-state index is -0.464. The highest BCUT2D eigenvalue weighted by atomic mass is 35.5. The zero-order valence-electron chi connectivity index (χ0n) is 20.0. The van der Waals surface area contributed by atoms with Crippen molar-refractivity contribution < 1.29 is 13.9 Å². The number of pyridine rings is 2. The maximum atomic E-state index is 13.5. The van der Waals surface area contributed by atoms with Gasteiger partial charge in [0.05, 0.1) is 30.2 Å². The van der Waals surface area contributed by atoms with Gasteiger partial charge in [-0.2, -0.15) is 5.10 Å². The maximum Gasteiger partial charge on any atom is 0.271 e. The van der Waals surface area contributed by atoms with Gasteiger partial charge in [0.15, 0.2) is 0 Å². The number of aromatic nitrogens is 2. The molecule has 2 heterocycles. The van der Waals surface area contributed by atoms with Gasteiger partial charge >= 0.3 is 0 Å². The summed E-state index contributed by atoms with van der Waals surface area (Å²) in [7, 11) is 1.58. The minimum Gasteiger partial charge on any atom is -0.497 e. The van der Waals surface area contributed by atoms with E-state index < -0.39 is 5.91 Å². The Bertz CT molecular complexity index is 1610. The second-order valence-electron chi connectivity index (χ2n) is 8.27. The van der Waals surface area contributed by atoms with E-state index in [0.29, 0.717) is 44.4 Å². The van der Waals surface area contributed by atoms with Gasteiger partial charge in [0, 0.05) is 32.7 Å². The molecule has 0 bridgehead atoms. The number of halogens is 3. The molecule has 2 aromatic heterocycles. The van der Waals surface area contributed by atoms with E-state index in [2.05, 4.69) is 20.5 Å². The van der Waals surface area contributed by atoms with Crippen LogP contribution in [0.1, 0.15) is 15.9 Å². The van der Waals surface area contributed by atoms with E-state index in [1.165, 1.54) is 18.3 Å². The summed E-state index contributed by atoms with van der Waals surface area (Å²) in [5.74, 6) is -0.145. The monoisotopic (exact) mass is 544 g/mol. The van der Waals surface area contributed by atoms with Crippen LogP contribution in [0.3, 0.4) is 0 Å². The fourth-order valence-corrected chi connectivity index (χ4v) is 4.11. The fraction of sp³-hybridized carbons (Fsp3) is 0.0345. The van der Waals surface area contributed by atoms with Crippen molar-refractivity contribution in [3.05, 3.63) is 112 Å². The number of nitrogens with one attached hydrogen (secondary N) is 1. The van der Waals surface area contributed by atoms with E-state index in [4.69, 9.17) is 27.9 Å². The number of fused-ring (bicyclic) bond motifs is 1. The Labute approximate surface area is 227 Å². The Morgan fingerprint density at radius 1 is 0.895 bits per heavy atom. The number of carbonyl (C=O) groups excluding carboxylic acids is 1. The van der Waals surface area contributed by atoms with E-state index in [1.54, 1.807) is 55.6 Å². The molecule has 9 heteroatoms. The zero-order valence-corrected chi connectivity index (χ0v) is 21.5. The van der Waals surface area contributed by atoms with Gasteiger partial charge in [-0.3, -0.25) is 4.79 Å².